The summed E-state index contributed by atoms with van der Waals surface area (Å²) in [7, 11) is 0. The Labute approximate surface area is 70.6 Å². The van der Waals surface area contributed by atoms with Gasteiger partial charge in [-0.1, -0.05) is 0 Å². The molecule has 0 aromatic carbocycles. The molecule has 0 unspecified atom stereocenters. The summed E-state index contributed by atoms with van der Waals surface area (Å²) in [5, 5.41) is 0. The van der Waals surface area contributed by atoms with Gasteiger partial charge >= 0.3 is 0 Å². The van der Waals surface area contributed by atoms with E-state index < -0.39 is 0 Å². The van der Waals surface area contributed by atoms with Crippen LogP contribution in [-0.4, -0.2) is 71.5 Å². The maximum absolute atomic E-state index is 0. The fourth-order valence-corrected chi connectivity index (χ4v) is 0. The molecule has 2 N–H and O–H groups in total. The standard InChI is InChI=1S/Al.Ca.H2O.Si/h;;1H2;. The topological polar surface area (TPSA) is 31.5 Å². The van der Waals surface area contributed by atoms with Crippen molar-refractivity contribution in [1.82, 2.24) is 0 Å². The molecule has 4 heavy (non-hydrogen) atoms. The van der Waals surface area contributed by atoms with Crippen LogP contribution in [0.25, 0.3) is 0 Å². The Morgan fingerprint density at radius 1 is 1.00 bits per heavy atom. The average molecular weight is 113 g/mol. The SMILES string of the molecule is O.[Al].[Ca].[Si]. The fourth-order valence-electron chi connectivity index (χ4n) is 0. The van der Waals surface area contributed by atoms with E-state index in [1.807, 2.05) is 0 Å². The summed E-state index contributed by atoms with van der Waals surface area (Å²) in [6.07, 6.45) is 0. The second-order valence-corrected chi connectivity index (χ2v) is 0. The largest absolute Gasteiger partial charge is 0.412 e. The maximum atomic E-state index is 0. The van der Waals surface area contributed by atoms with E-state index in [0.717, 1.165) is 0 Å². The van der Waals surface area contributed by atoms with Crippen LogP contribution in [0.15, 0.2) is 0 Å². The van der Waals surface area contributed by atoms with Crippen LogP contribution in [0.2, 0.25) is 0 Å². The van der Waals surface area contributed by atoms with Gasteiger partial charge in [-0.05, 0) is 0 Å². The van der Waals surface area contributed by atoms with Gasteiger partial charge in [0.15, 0.2) is 0 Å². The van der Waals surface area contributed by atoms with Crippen LogP contribution in [0.4, 0.5) is 0 Å². The normalized spacial score (nSPS) is 0. The smallest absolute Gasteiger partial charge is 0 e. The van der Waals surface area contributed by atoms with Crippen LogP contribution in [0.5, 0.6) is 0 Å². The molecular weight excluding hydrogens is 111 g/mol. The van der Waals surface area contributed by atoms with Gasteiger partial charge in [-0.25, -0.2) is 0 Å². The average Bonchev–Trinajstić information content (AvgIpc) is 0. The van der Waals surface area contributed by atoms with Crippen molar-refractivity contribution in [2.45, 2.75) is 0 Å². The van der Waals surface area contributed by atoms with Gasteiger partial charge < -0.3 is 5.48 Å². The fraction of sp³-hybridized carbons (Fsp3) is 0. The van der Waals surface area contributed by atoms with Gasteiger partial charge in [0.2, 0.25) is 0 Å². The number of rotatable bonds is 0. The molecule has 17 valence electrons. The summed E-state index contributed by atoms with van der Waals surface area (Å²) in [4.78, 5) is 0. The van der Waals surface area contributed by atoms with Crippen LogP contribution in [0, 0.1) is 0 Å². The van der Waals surface area contributed by atoms with Gasteiger partial charge in [0.25, 0.3) is 0 Å². The molecule has 1 nitrogen and oxygen atoms in total. The maximum Gasteiger partial charge on any atom is 0 e. The van der Waals surface area contributed by atoms with Gasteiger partial charge in [0, 0.05) is 66.1 Å². The second-order valence-electron chi connectivity index (χ2n) is 0. The summed E-state index contributed by atoms with van der Waals surface area (Å²) < 4.78 is 0. The zero-order chi connectivity index (χ0) is 0. The minimum Gasteiger partial charge on any atom is -0.412 e. The first-order valence-corrected chi connectivity index (χ1v) is 0. The number of hydrogen-bond acceptors (Lipinski definition) is 0. The molecule has 0 spiro atoms. The van der Waals surface area contributed by atoms with Crippen LogP contribution in [-0.2, 0) is 0 Å². The molecule has 0 aromatic rings. The van der Waals surface area contributed by atoms with E-state index in [-0.39, 0.29) is 71.5 Å². The molecule has 0 aliphatic heterocycles. The molecule has 0 bridgehead atoms. The van der Waals surface area contributed by atoms with Gasteiger partial charge in [-0.15, -0.1) is 0 Å². The summed E-state index contributed by atoms with van der Waals surface area (Å²) in [5.41, 5.74) is 0. The third-order valence-corrected chi connectivity index (χ3v) is 0. The Kier molecular flexibility index (Phi) is 192. The number of hydrogen-bond donors (Lipinski definition) is 0. The zero-order valence-corrected chi connectivity index (χ0v) is 6.65. The molecule has 0 rings (SSSR count). The van der Waals surface area contributed by atoms with E-state index in [2.05, 4.69) is 0 Å². The predicted octanol–water partition coefficient (Wildman–Crippen LogP) is -1.97. The van der Waals surface area contributed by atoms with E-state index in [1.54, 1.807) is 0 Å². The van der Waals surface area contributed by atoms with Gasteiger partial charge in [-0.2, -0.15) is 0 Å². The molecule has 0 amide bonds. The van der Waals surface area contributed by atoms with E-state index in [0.29, 0.717) is 0 Å². The summed E-state index contributed by atoms with van der Waals surface area (Å²) >= 11 is 0. The molecular formula is H2AlCaOSi. The third-order valence-electron chi connectivity index (χ3n) is 0. The molecule has 4 heteroatoms. The molecule has 9 radical (unpaired) electrons. The Bertz CT molecular complexity index is 8.00. The van der Waals surface area contributed by atoms with Crippen molar-refractivity contribution in [2.75, 3.05) is 0 Å². The predicted molar refractivity (Wildman–Crippen MR) is 20.9 cm³/mol. The summed E-state index contributed by atoms with van der Waals surface area (Å²) in [6, 6.07) is 0. The van der Waals surface area contributed by atoms with Crippen LogP contribution in [0.1, 0.15) is 0 Å². The molecule has 0 aliphatic carbocycles. The van der Waals surface area contributed by atoms with Crippen molar-refractivity contribution >= 4 is 66.1 Å². The van der Waals surface area contributed by atoms with Crippen molar-refractivity contribution in [1.29, 1.82) is 0 Å². The monoisotopic (exact) mass is 113 g/mol. The molecule has 0 aliphatic rings. The molecule has 0 atom stereocenters. The van der Waals surface area contributed by atoms with Crippen LogP contribution in [0.3, 0.4) is 0 Å². The van der Waals surface area contributed by atoms with Crippen molar-refractivity contribution in [3.63, 3.8) is 0 Å². The summed E-state index contributed by atoms with van der Waals surface area (Å²) in [5.74, 6) is 0. The van der Waals surface area contributed by atoms with E-state index in [9.17, 15) is 0 Å². The molecule has 0 fully saturated rings. The molecule has 0 aromatic heterocycles. The Morgan fingerprint density at radius 2 is 1.00 bits per heavy atom. The first-order chi connectivity index (χ1) is 0. The van der Waals surface area contributed by atoms with Crippen molar-refractivity contribution in [3.05, 3.63) is 0 Å². The second kappa shape index (κ2) is 20.2. The Morgan fingerprint density at radius 3 is 1.00 bits per heavy atom. The molecule has 0 saturated carbocycles. The van der Waals surface area contributed by atoms with Gasteiger partial charge in [0.05, 0.1) is 0 Å². The molecule has 0 saturated heterocycles. The van der Waals surface area contributed by atoms with Crippen molar-refractivity contribution < 1.29 is 5.48 Å². The Hall–Kier alpha value is 1.97. The van der Waals surface area contributed by atoms with E-state index in [4.69, 9.17) is 0 Å². The van der Waals surface area contributed by atoms with Gasteiger partial charge in [0.1, 0.15) is 0 Å². The van der Waals surface area contributed by atoms with E-state index >= 15 is 0 Å². The first-order valence-electron chi connectivity index (χ1n) is 0. The third kappa shape index (κ3) is 9.02. The van der Waals surface area contributed by atoms with Crippen LogP contribution >= 0.6 is 0 Å². The van der Waals surface area contributed by atoms with E-state index in [1.165, 1.54) is 0 Å². The van der Waals surface area contributed by atoms with Crippen molar-refractivity contribution in [2.24, 2.45) is 0 Å². The minimum absolute atomic E-state index is 0. The molecule has 0 heterocycles. The zero-order valence-electron chi connectivity index (χ0n) is 2.28. The van der Waals surface area contributed by atoms with Gasteiger partial charge in [-0.3, -0.25) is 0 Å². The Balaban J connectivity index is 0. The first kappa shape index (κ1) is 38.0. The van der Waals surface area contributed by atoms with Crippen LogP contribution < -0.4 is 0 Å². The minimum atomic E-state index is 0. The quantitative estimate of drug-likeness (QED) is 0.326. The van der Waals surface area contributed by atoms with Crippen molar-refractivity contribution in [3.8, 4) is 0 Å². The summed E-state index contributed by atoms with van der Waals surface area (Å²) in [6.45, 7) is 0.